The lowest BCUT2D eigenvalue weighted by molar-refractivity contribution is 0.256. The van der Waals surface area contributed by atoms with Crippen molar-refractivity contribution in [2.24, 2.45) is 0 Å². The first kappa shape index (κ1) is 15.9. The summed E-state index contributed by atoms with van der Waals surface area (Å²) in [5, 5.41) is 1.37. The van der Waals surface area contributed by atoms with Crippen LogP contribution in [0.1, 0.15) is 29.9 Å². The monoisotopic (exact) mass is 320 g/mol. The van der Waals surface area contributed by atoms with Crippen LogP contribution in [0.5, 0.6) is 0 Å². The Hall–Kier alpha value is -1.01. The molecule has 1 aliphatic rings. The molecule has 0 aliphatic carbocycles. The van der Waals surface area contributed by atoms with Crippen LogP contribution in [0.3, 0.4) is 0 Å². The van der Waals surface area contributed by atoms with Gasteiger partial charge < -0.3 is 9.88 Å². The summed E-state index contributed by atoms with van der Waals surface area (Å²) in [4.78, 5) is 5.84. The van der Waals surface area contributed by atoms with Gasteiger partial charge in [0, 0.05) is 30.6 Å². The Balaban J connectivity index is 1.79. The maximum absolute atomic E-state index is 9.68. The third-order valence-electron chi connectivity index (χ3n) is 4.76. The molecule has 3 N–H and O–H groups in total. The van der Waals surface area contributed by atoms with Crippen LogP contribution < -0.4 is 4.72 Å². The summed E-state index contributed by atoms with van der Waals surface area (Å²) in [5.41, 5.74) is 4.01. The molecule has 2 heterocycles. The summed E-state index contributed by atoms with van der Waals surface area (Å²) in [6.45, 7) is 2.37. The van der Waals surface area contributed by atoms with Crippen LogP contribution in [0, 0.1) is 0 Å². The first-order valence-corrected chi connectivity index (χ1v) is 9.38. The molecule has 120 valence electrons. The number of aromatic nitrogens is 1. The Morgan fingerprint density at radius 1 is 1.36 bits per heavy atom. The normalized spacial score (nSPS) is 18.9. The number of fused-ring (bicyclic) bond motifs is 1. The summed E-state index contributed by atoms with van der Waals surface area (Å²) < 4.78 is 12.6. The van der Waals surface area contributed by atoms with Gasteiger partial charge in [0.25, 0.3) is 0 Å². The number of aromatic amines is 1. The molecular formula is C17H26N3OS+. The highest BCUT2D eigenvalue weighted by atomic mass is 32.2. The lowest BCUT2D eigenvalue weighted by atomic mass is 9.89. The van der Waals surface area contributed by atoms with Gasteiger partial charge in [-0.2, -0.15) is 4.55 Å². The zero-order chi connectivity index (χ0) is 15.5. The Labute approximate surface area is 135 Å². The van der Waals surface area contributed by atoms with Crippen LogP contribution in [-0.2, 0) is 17.8 Å². The zero-order valence-electron chi connectivity index (χ0n) is 13.4. The predicted octanol–water partition coefficient (Wildman–Crippen LogP) is 2.75. The highest BCUT2D eigenvalue weighted by molar-refractivity contribution is 7.89. The van der Waals surface area contributed by atoms with Gasteiger partial charge in [-0.3, -0.25) is 0 Å². The predicted molar refractivity (Wildman–Crippen MR) is 95.4 cm³/mol. The number of aryl methyl sites for hydroxylation is 1. The van der Waals surface area contributed by atoms with Crippen LogP contribution >= 0.6 is 0 Å². The molecule has 1 saturated heterocycles. The quantitative estimate of drug-likeness (QED) is 0.743. The smallest absolute Gasteiger partial charge is 0.234 e. The van der Waals surface area contributed by atoms with Gasteiger partial charge >= 0.3 is 0 Å². The molecule has 4 nitrogen and oxygen atoms in total. The fourth-order valence-electron chi connectivity index (χ4n) is 3.32. The molecule has 5 heteroatoms. The molecule has 1 atom stereocenters. The lowest BCUT2D eigenvalue weighted by Gasteiger charge is -2.28. The highest BCUT2D eigenvalue weighted by Crippen LogP contribution is 2.33. The first-order valence-electron chi connectivity index (χ1n) is 8.03. The summed E-state index contributed by atoms with van der Waals surface area (Å²) in [5.74, 6) is 1.45. The molecule has 1 aliphatic heterocycles. The van der Waals surface area contributed by atoms with E-state index in [-0.39, 0.29) is 0 Å². The molecule has 0 spiro atoms. The standard InChI is InChI=1S/C17H26N3OS/c1-18-22(21)10-7-13-3-4-17-15(11-13)16(12-19-17)14-5-8-20(2)9-6-14/h3-4,11-12,14,18-19,21H,5-10H2,1-2H3/q+1. The van der Waals surface area contributed by atoms with Gasteiger partial charge in [-0.25, -0.2) is 0 Å². The van der Waals surface area contributed by atoms with E-state index in [4.69, 9.17) is 0 Å². The van der Waals surface area contributed by atoms with E-state index >= 15 is 0 Å². The number of piperidine rings is 1. The highest BCUT2D eigenvalue weighted by Gasteiger charge is 2.21. The lowest BCUT2D eigenvalue weighted by Crippen LogP contribution is -2.29. The van der Waals surface area contributed by atoms with E-state index in [9.17, 15) is 4.55 Å². The van der Waals surface area contributed by atoms with Crippen molar-refractivity contribution in [3.05, 3.63) is 35.5 Å². The van der Waals surface area contributed by atoms with Crippen LogP contribution in [0.2, 0.25) is 0 Å². The number of nitrogens with zero attached hydrogens (tertiary/aromatic N) is 1. The van der Waals surface area contributed by atoms with Crippen molar-refractivity contribution in [1.29, 1.82) is 0 Å². The van der Waals surface area contributed by atoms with Gasteiger partial charge in [0.2, 0.25) is 11.4 Å². The number of hydrogen-bond acceptors (Lipinski definition) is 3. The van der Waals surface area contributed by atoms with E-state index in [0.717, 1.165) is 12.2 Å². The third-order valence-corrected chi connectivity index (χ3v) is 5.82. The van der Waals surface area contributed by atoms with Gasteiger partial charge in [0.1, 0.15) is 0 Å². The maximum atomic E-state index is 9.68. The van der Waals surface area contributed by atoms with Crippen molar-refractivity contribution in [3.8, 4) is 0 Å². The van der Waals surface area contributed by atoms with Crippen molar-refractivity contribution in [2.75, 3.05) is 32.9 Å². The molecule has 2 aromatic rings. The molecule has 3 rings (SSSR count). The molecule has 0 amide bonds. The molecule has 1 unspecified atom stereocenters. The second kappa shape index (κ2) is 7.04. The average Bonchev–Trinajstić information content (AvgIpc) is 2.96. The first-order chi connectivity index (χ1) is 10.7. The number of rotatable bonds is 5. The van der Waals surface area contributed by atoms with Gasteiger partial charge in [0.15, 0.2) is 5.75 Å². The van der Waals surface area contributed by atoms with Crippen molar-refractivity contribution in [1.82, 2.24) is 14.6 Å². The summed E-state index contributed by atoms with van der Waals surface area (Å²) in [7, 11) is 4.01. The van der Waals surface area contributed by atoms with Crippen LogP contribution in [0.25, 0.3) is 10.9 Å². The Kier molecular flexibility index (Phi) is 5.08. The summed E-state index contributed by atoms with van der Waals surface area (Å²) in [6.07, 6.45) is 5.60. The van der Waals surface area contributed by atoms with Crippen LogP contribution in [0.15, 0.2) is 24.4 Å². The number of nitrogens with one attached hydrogen (secondary N) is 2. The largest absolute Gasteiger partial charge is 0.361 e. The second-order valence-corrected chi connectivity index (χ2v) is 7.77. The minimum Gasteiger partial charge on any atom is -0.361 e. The molecule has 1 fully saturated rings. The van der Waals surface area contributed by atoms with Gasteiger partial charge in [0.05, 0.1) is 0 Å². The van der Waals surface area contributed by atoms with Crippen molar-refractivity contribution >= 4 is 22.3 Å². The summed E-state index contributed by atoms with van der Waals surface area (Å²) in [6, 6.07) is 6.66. The van der Waals surface area contributed by atoms with E-state index in [1.54, 1.807) is 7.05 Å². The van der Waals surface area contributed by atoms with Crippen LogP contribution in [0.4, 0.5) is 0 Å². The zero-order valence-corrected chi connectivity index (χ0v) is 14.2. The van der Waals surface area contributed by atoms with E-state index < -0.39 is 11.4 Å². The Morgan fingerprint density at radius 3 is 2.86 bits per heavy atom. The minimum absolute atomic E-state index is 0.671. The van der Waals surface area contributed by atoms with E-state index in [0.29, 0.717) is 5.92 Å². The molecule has 0 radical (unpaired) electrons. The number of hydrogen-bond donors (Lipinski definition) is 3. The SMILES string of the molecule is CN[S+](O)CCc1ccc2[nH]cc(C3CCN(C)CC3)c2c1. The number of benzene rings is 1. The Bertz CT molecular complexity index is 619. The molecule has 0 saturated carbocycles. The van der Waals surface area contributed by atoms with E-state index in [2.05, 4.69) is 46.0 Å². The summed E-state index contributed by atoms with van der Waals surface area (Å²) >= 11 is -0.679. The second-order valence-electron chi connectivity index (χ2n) is 6.22. The Morgan fingerprint density at radius 2 is 2.14 bits per heavy atom. The van der Waals surface area contributed by atoms with E-state index in [1.165, 1.54) is 48.0 Å². The fourth-order valence-corrected chi connectivity index (χ4v) is 3.95. The van der Waals surface area contributed by atoms with Gasteiger partial charge in [-0.1, -0.05) is 6.07 Å². The minimum atomic E-state index is -0.679. The maximum Gasteiger partial charge on any atom is 0.234 e. The molecular weight excluding hydrogens is 294 g/mol. The molecule has 1 aromatic heterocycles. The van der Waals surface area contributed by atoms with Crippen molar-refractivity contribution in [2.45, 2.75) is 25.2 Å². The van der Waals surface area contributed by atoms with E-state index in [1.807, 2.05) is 0 Å². The number of H-pyrrole nitrogens is 1. The molecule has 1 aromatic carbocycles. The number of likely N-dealkylation sites (tertiary alicyclic amines) is 1. The third kappa shape index (κ3) is 3.49. The topological polar surface area (TPSA) is 51.3 Å². The molecule has 0 bridgehead atoms. The average molecular weight is 320 g/mol. The van der Waals surface area contributed by atoms with Gasteiger partial charge in [-0.15, -0.1) is 4.72 Å². The van der Waals surface area contributed by atoms with Crippen molar-refractivity contribution < 1.29 is 4.55 Å². The van der Waals surface area contributed by atoms with Gasteiger partial charge in [-0.05, 0) is 62.2 Å². The fraction of sp³-hybridized carbons (Fsp3) is 0.529. The molecule has 22 heavy (non-hydrogen) atoms. The van der Waals surface area contributed by atoms with Crippen LogP contribution in [-0.4, -0.2) is 47.4 Å². The van der Waals surface area contributed by atoms with Crippen molar-refractivity contribution in [3.63, 3.8) is 0 Å².